The van der Waals surface area contributed by atoms with E-state index < -0.39 is 0 Å². The molecule has 2 N–H and O–H groups in total. The second kappa shape index (κ2) is 5.02. The van der Waals surface area contributed by atoms with Crippen LogP contribution in [0.1, 0.15) is 26.7 Å². The molecule has 1 aliphatic heterocycles. The molecule has 1 aliphatic rings. The molecule has 0 spiro atoms. The molecule has 0 radical (unpaired) electrons. The van der Waals surface area contributed by atoms with Gasteiger partial charge in [-0.3, -0.25) is 4.79 Å². The average Bonchev–Trinajstić information content (AvgIpc) is 2.18. The van der Waals surface area contributed by atoms with Crippen LogP contribution in [0.3, 0.4) is 0 Å². The van der Waals surface area contributed by atoms with Gasteiger partial charge in [0.1, 0.15) is 0 Å². The third-order valence-corrected chi connectivity index (χ3v) is 2.42. The Morgan fingerprint density at radius 2 is 2.38 bits per heavy atom. The molecule has 0 aromatic heterocycles. The molecule has 1 saturated heterocycles. The highest BCUT2D eigenvalue weighted by Crippen LogP contribution is 2.02. The lowest BCUT2D eigenvalue weighted by atomic mass is 10.1. The van der Waals surface area contributed by atoms with E-state index in [9.17, 15) is 4.79 Å². The molecule has 3 nitrogen and oxygen atoms in total. The fourth-order valence-electron chi connectivity index (χ4n) is 1.41. The van der Waals surface area contributed by atoms with E-state index in [1.807, 2.05) is 19.9 Å². The Labute approximate surface area is 79.6 Å². The smallest absolute Gasteiger partial charge is 0.246 e. The number of nitrogens with one attached hydrogen (secondary N) is 2. The van der Waals surface area contributed by atoms with Crippen LogP contribution in [0.15, 0.2) is 11.6 Å². The van der Waals surface area contributed by atoms with Gasteiger partial charge in [-0.1, -0.05) is 6.08 Å². The van der Waals surface area contributed by atoms with E-state index in [1.165, 1.54) is 0 Å². The van der Waals surface area contributed by atoms with Crippen LogP contribution in [-0.4, -0.2) is 25.0 Å². The van der Waals surface area contributed by atoms with E-state index in [4.69, 9.17) is 0 Å². The van der Waals surface area contributed by atoms with Crippen LogP contribution in [0.25, 0.3) is 0 Å². The van der Waals surface area contributed by atoms with Crippen molar-refractivity contribution in [3.63, 3.8) is 0 Å². The number of piperidine rings is 1. The summed E-state index contributed by atoms with van der Waals surface area (Å²) in [5.41, 5.74) is 0.797. The van der Waals surface area contributed by atoms with Gasteiger partial charge in [0, 0.05) is 18.2 Å². The monoisotopic (exact) mass is 182 g/mol. The Hall–Kier alpha value is -0.830. The van der Waals surface area contributed by atoms with Gasteiger partial charge in [0.2, 0.25) is 5.91 Å². The van der Waals surface area contributed by atoms with Gasteiger partial charge in [-0.2, -0.15) is 0 Å². The standard InChI is InChI=1S/C10H18N2O/c1-3-8(2)10(13)12-9-5-4-6-11-7-9/h3,9,11H,4-7H2,1-2H3,(H,12,13)/b8-3-. The van der Waals surface area contributed by atoms with Gasteiger partial charge in [0.05, 0.1) is 0 Å². The Morgan fingerprint density at radius 3 is 2.92 bits per heavy atom. The number of hydrogen-bond acceptors (Lipinski definition) is 2. The maximum atomic E-state index is 11.4. The minimum Gasteiger partial charge on any atom is -0.348 e. The number of carbonyl (C=O) groups is 1. The van der Waals surface area contributed by atoms with Crippen molar-refractivity contribution in [2.24, 2.45) is 0 Å². The molecule has 1 fully saturated rings. The molecule has 1 amide bonds. The predicted octanol–water partition coefficient (Wildman–Crippen LogP) is 0.821. The molecule has 0 saturated carbocycles. The number of amides is 1. The summed E-state index contributed by atoms with van der Waals surface area (Å²) in [6.45, 7) is 5.71. The van der Waals surface area contributed by atoms with E-state index in [2.05, 4.69) is 10.6 Å². The lowest BCUT2D eigenvalue weighted by Crippen LogP contribution is -2.45. The molecule has 0 bridgehead atoms. The molecule has 0 aliphatic carbocycles. The van der Waals surface area contributed by atoms with Crippen LogP contribution in [-0.2, 0) is 4.79 Å². The van der Waals surface area contributed by atoms with Crippen molar-refractivity contribution in [3.8, 4) is 0 Å². The highest BCUT2D eigenvalue weighted by atomic mass is 16.1. The summed E-state index contributed by atoms with van der Waals surface area (Å²) >= 11 is 0. The zero-order chi connectivity index (χ0) is 9.68. The van der Waals surface area contributed by atoms with Crippen molar-refractivity contribution in [1.82, 2.24) is 10.6 Å². The molecule has 1 heterocycles. The first-order valence-electron chi connectivity index (χ1n) is 4.88. The van der Waals surface area contributed by atoms with Gasteiger partial charge >= 0.3 is 0 Å². The van der Waals surface area contributed by atoms with E-state index in [-0.39, 0.29) is 5.91 Å². The molecular formula is C10H18N2O. The summed E-state index contributed by atoms with van der Waals surface area (Å²) in [5, 5.41) is 6.26. The van der Waals surface area contributed by atoms with Crippen molar-refractivity contribution in [1.29, 1.82) is 0 Å². The molecule has 0 aromatic carbocycles. The topological polar surface area (TPSA) is 41.1 Å². The van der Waals surface area contributed by atoms with Crippen LogP contribution in [0.5, 0.6) is 0 Å². The summed E-state index contributed by atoms with van der Waals surface area (Å²) < 4.78 is 0. The second-order valence-corrected chi connectivity index (χ2v) is 3.49. The Kier molecular flexibility index (Phi) is 3.96. The summed E-state index contributed by atoms with van der Waals surface area (Å²) in [4.78, 5) is 11.4. The fraction of sp³-hybridized carbons (Fsp3) is 0.700. The van der Waals surface area contributed by atoms with Gasteiger partial charge in [-0.25, -0.2) is 0 Å². The Morgan fingerprint density at radius 1 is 1.62 bits per heavy atom. The summed E-state index contributed by atoms with van der Waals surface area (Å²) in [6, 6.07) is 0.316. The van der Waals surface area contributed by atoms with E-state index in [0.717, 1.165) is 31.5 Å². The lowest BCUT2D eigenvalue weighted by molar-refractivity contribution is -0.118. The van der Waals surface area contributed by atoms with Gasteiger partial charge in [-0.15, -0.1) is 0 Å². The molecular weight excluding hydrogens is 164 g/mol. The minimum atomic E-state index is 0.0659. The van der Waals surface area contributed by atoms with Crippen molar-refractivity contribution in [3.05, 3.63) is 11.6 Å². The van der Waals surface area contributed by atoms with Crippen molar-refractivity contribution in [2.75, 3.05) is 13.1 Å². The lowest BCUT2D eigenvalue weighted by Gasteiger charge is -2.23. The molecule has 1 rings (SSSR count). The molecule has 13 heavy (non-hydrogen) atoms. The van der Waals surface area contributed by atoms with Crippen molar-refractivity contribution < 1.29 is 4.79 Å². The van der Waals surface area contributed by atoms with E-state index in [0.29, 0.717) is 6.04 Å². The largest absolute Gasteiger partial charge is 0.348 e. The highest BCUT2D eigenvalue weighted by molar-refractivity contribution is 5.92. The van der Waals surface area contributed by atoms with Gasteiger partial charge in [-0.05, 0) is 33.2 Å². The molecule has 3 heteroatoms. The molecule has 1 unspecified atom stereocenters. The number of hydrogen-bond donors (Lipinski definition) is 2. The summed E-state index contributed by atoms with van der Waals surface area (Å²) in [5.74, 6) is 0.0659. The van der Waals surface area contributed by atoms with Crippen molar-refractivity contribution >= 4 is 5.91 Å². The third-order valence-electron chi connectivity index (χ3n) is 2.42. The summed E-state index contributed by atoms with van der Waals surface area (Å²) in [6.07, 6.45) is 4.08. The third kappa shape index (κ3) is 3.19. The first kappa shape index (κ1) is 10.3. The quantitative estimate of drug-likeness (QED) is 0.621. The summed E-state index contributed by atoms with van der Waals surface area (Å²) in [7, 11) is 0. The van der Waals surface area contributed by atoms with Crippen molar-refractivity contribution in [2.45, 2.75) is 32.7 Å². The zero-order valence-corrected chi connectivity index (χ0v) is 8.39. The minimum absolute atomic E-state index is 0.0659. The number of carbonyl (C=O) groups excluding carboxylic acids is 1. The number of rotatable bonds is 2. The van der Waals surface area contributed by atoms with Gasteiger partial charge in [0.15, 0.2) is 0 Å². The molecule has 0 aromatic rings. The number of allylic oxidation sites excluding steroid dienone is 1. The van der Waals surface area contributed by atoms with Crippen LogP contribution in [0, 0.1) is 0 Å². The first-order valence-corrected chi connectivity index (χ1v) is 4.88. The van der Waals surface area contributed by atoms with Crippen LogP contribution in [0.4, 0.5) is 0 Å². The average molecular weight is 182 g/mol. The Balaban J connectivity index is 2.34. The fourth-order valence-corrected chi connectivity index (χ4v) is 1.41. The maximum absolute atomic E-state index is 11.4. The normalized spacial score (nSPS) is 24.2. The van der Waals surface area contributed by atoms with Crippen LogP contribution >= 0.6 is 0 Å². The van der Waals surface area contributed by atoms with E-state index in [1.54, 1.807) is 0 Å². The zero-order valence-electron chi connectivity index (χ0n) is 8.39. The second-order valence-electron chi connectivity index (χ2n) is 3.49. The molecule has 1 atom stereocenters. The van der Waals surface area contributed by atoms with Crippen LogP contribution < -0.4 is 10.6 Å². The van der Waals surface area contributed by atoms with Crippen LogP contribution in [0.2, 0.25) is 0 Å². The van der Waals surface area contributed by atoms with Gasteiger partial charge in [0.25, 0.3) is 0 Å². The highest BCUT2D eigenvalue weighted by Gasteiger charge is 2.15. The first-order chi connectivity index (χ1) is 6.24. The van der Waals surface area contributed by atoms with Gasteiger partial charge < -0.3 is 10.6 Å². The SMILES string of the molecule is C/C=C(/C)C(=O)NC1CCCNC1. The van der Waals surface area contributed by atoms with E-state index >= 15 is 0 Å². The Bertz CT molecular complexity index is 205. The predicted molar refractivity (Wildman–Crippen MR) is 53.5 cm³/mol. The molecule has 74 valence electrons. The maximum Gasteiger partial charge on any atom is 0.246 e.